The highest BCUT2D eigenvalue weighted by molar-refractivity contribution is 5.94. The van der Waals surface area contributed by atoms with Crippen molar-refractivity contribution in [3.63, 3.8) is 0 Å². The molecule has 24 heavy (non-hydrogen) atoms. The van der Waals surface area contributed by atoms with Gasteiger partial charge in [0.1, 0.15) is 12.2 Å². The van der Waals surface area contributed by atoms with Gasteiger partial charge >= 0.3 is 0 Å². The first-order valence-corrected chi connectivity index (χ1v) is 8.72. The maximum atomic E-state index is 12.5. The molecule has 128 valence electrons. The van der Waals surface area contributed by atoms with E-state index >= 15 is 0 Å². The van der Waals surface area contributed by atoms with Crippen LogP contribution < -0.4 is 10.2 Å². The first-order chi connectivity index (χ1) is 11.7. The van der Waals surface area contributed by atoms with E-state index in [1.54, 1.807) is 4.68 Å². The monoisotopic (exact) mass is 327 g/mol. The predicted molar refractivity (Wildman–Crippen MR) is 94.1 cm³/mol. The molecule has 3 rings (SSSR count). The van der Waals surface area contributed by atoms with Crippen LogP contribution in [0.15, 0.2) is 30.6 Å². The fourth-order valence-electron chi connectivity index (χ4n) is 3.17. The lowest BCUT2D eigenvalue weighted by molar-refractivity contribution is 0.0937. The number of benzene rings is 1. The molecule has 6 nitrogen and oxygen atoms in total. The lowest BCUT2D eigenvalue weighted by Crippen LogP contribution is -2.30. The van der Waals surface area contributed by atoms with E-state index in [-0.39, 0.29) is 11.9 Å². The van der Waals surface area contributed by atoms with E-state index in [1.807, 2.05) is 38.1 Å². The molecule has 1 aliphatic heterocycles. The molecule has 1 amide bonds. The van der Waals surface area contributed by atoms with Gasteiger partial charge in [0, 0.05) is 30.9 Å². The molecule has 6 heteroatoms. The largest absolute Gasteiger partial charge is 0.372 e. The molecule has 0 unspecified atom stereocenters. The normalized spacial score (nSPS) is 16.0. The molecule has 1 N–H and O–H groups in total. The smallest absolute Gasteiger partial charge is 0.251 e. The van der Waals surface area contributed by atoms with Gasteiger partial charge in [-0.15, -0.1) is 0 Å². The Kier molecular flexibility index (Phi) is 5.13. The van der Waals surface area contributed by atoms with Gasteiger partial charge in [0.15, 0.2) is 0 Å². The van der Waals surface area contributed by atoms with E-state index < -0.39 is 0 Å². The van der Waals surface area contributed by atoms with Gasteiger partial charge in [-0.2, -0.15) is 5.10 Å². The second-order valence-electron chi connectivity index (χ2n) is 6.22. The second kappa shape index (κ2) is 7.47. The third-order valence-electron chi connectivity index (χ3n) is 4.53. The molecule has 0 bridgehead atoms. The van der Waals surface area contributed by atoms with Crippen molar-refractivity contribution in [3.05, 3.63) is 42.0 Å². The van der Waals surface area contributed by atoms with Crippen LogP contribution >= 0.6 is 0 Å². The first kappa shape index (κ1) is 16.5. The zero-order valence-corrected chi connectivity index (χ0v) is 14.4. The molecular formula is C18H25N5O. The Morgan fingerprint density at radius 1 is 1.21 bits per heavy atom. The van der Waals surface area contributed by atoms with Crippen LogP contribution in [0, 0.1) is 0 Å². The number of rotatable bonds is 5. The average Bonchev–Trinajstić information content (AvgIpc) is 3.11. The Morgan fingerprint density at radius 3 is 2.58 bits per heavy atom. The molecule has 2 aromatic rings. The third kappa shape index (κ3) is 3.58. The van der Waals surface area contributed by atoms with Gasteiger partial charge in [0.25, 0.3) is 5.91 Å². The lowest BCUT2D eigenvalue weighted by Gasteiger charge is -2.28. The van der Waals surface area contributed by atoms with Gasteiger partial charge < -0.3 is 10.2 Å². The molecule has 1 saturated heterocycles. The maximum Gasteiger partial charge on any atom is 0.251 e. The molecule has 1 fully saturated rings. The Hall–Kier alpha value is -2.37. The van der Waals surface area contributed by atoms with Crippen molar-refractivity contribution in [1.82, 2.24) is 20.1 Å². The Balaban J connectivity index is 1.64. The summed E-state index contributed by atoms with van der Waals surface area (Å²) in [7, 11) is 0. The topological polar surface area (TPSA) is 63.1 Å². The van der Waals surface area contributed by atoms with Gasteiger partial charge in [0.05, 0.1) is 6.04 Å². The van der Waals surface area contributed by atoms with E-state index in [9.17, 15) is 4.79 Å². The van der Waals surface area contributed by atoms with Crippen LogP contribution in [0.5, 0.6) is 0 Å². The number of piperidine rings is 1. The molecule has 1 aromatic heterocycles. The SMILES string of the molecule is CCn1ncnc1[C@H](C)NC(=O)c1ccc(N2CCCCC2)cc1. The van der Waals surface area contributed by atoms with Gasteiger partial charge in [-0.3, -0.25) is 4.79 Å². The quantitative estimate of drug-likeness (QED) is 0.917. The summed E-state index contributed by atoms with van der Waals surface area (Å²) in [6.07, 6.45) is 5.34. The summed E-state index contributed by atoms with van der Waals surface area (Å²) in [4.78, 5) is 19.1. The number of hydrogen-bond acceptors (Lipinski definition) is 4. The average molecular weight is 327 g/mol. The summed E-state index contributed by atoms with van der Waals surface area (Å²) in [5.74, 6) is 0.689. The number of anilines is 1. The van der Waals surface area contributed by atoms with Gasteiger partial charge in [-0.05, 0) is 57.4 Å². The molecule has 1 aliphatic rings. The van der Waals surface area contributed by atoms with Crippen molar-refractivity contribution in [2.45, 2.75) is 45.7 Å². The number of nitrogens with zero attached hydrogens (tertiary/aromatic N) is 4. The van der Waals surface area contributed by atoms with Crippen molar-refractivity contribution in [1.29, 1.82) is 0 Å². The minimum absolute atomic E-state index is 0.0849. The zero-order valence-electron chi connectivity index (χ0n) is 14.4. The number of nitrogens with one attached hydrogen (secondary N) is 1. The van der Waals surface area contributed by atoms with Crippen LogP contribution in [0.25, 0.3) is 0 Å². The van der Waals surface area contributed by atoms with Crippen molar-refractivity contribution < 1.29 is 4.79 Å². The summed E-state index contributed by atoms with van der Waals surface area (Å²) in [6, 6.07) is 7.70. The Bertz CT molecular complexity index is 673. The minimum atomic E-state index is -0.179. The van der Waals surface area contributed by atoms with Crippen molar-refractivity contribution >= 4 is 11.6 Å². The van der Waals surface area contributed by atoms with E-state index in [4.69, 9.17) is 0 Å². The predicted octanol–water partition coefficient (Wildman–Crippen LogP) is 2.78. The zero-order chi connectivity index (χ0) is 16.9. The Labute approximate surface area is 142 Å². The van der Waals surface area contributed by atoms with E-state index in [0.29, 0.717) is 5.56 Å². The highest BCUT2D eigenvalue weighted by Gasteiger charge is 2.17. The van der Waals surface area contributed by atoms with Gasteiger partial charge in [-0.1, -0.05) is 0 Å². The molecule has 0 spiro atoms. The molecule has 0 aliphatic carbocycles. The van der Waals surface area contributed by atoms with Crippen LogP contribution in [-0.4, -0.2) is 33.8 Å². The molecule has 0 radical (unpaired) electrons. The molecule has 1 atom stereocenters. The summed E-state index contributed by atoms with van der Waals surface area (Å²) in [5, 5.41) is 7.14. The molecule has 1 aromatic carbocycles. The van der Waals surface area contributed by atoms with Crippen molar-refractivity contribution in [2.24, 2.45) is 0 Å². The summed E-state index contributed by atoms with van der Waals surface area (Å²) in [5.41, 5.74) is 1.87. The lowest BCUT2D eigenvalue weighted by atomic mass is 10.1. The number of hydrogen-bond donors (Lipinski definition) is 1. The number of carbonyl (C=O) groups excluding carboxylic acids is 1. The molecular weight excluding hydrogens is 302 g/mol. The first-order valence-electron chi connectivity index (χ1n) is 8.72. The Morgan fingerprint density at radius 2 is 1.92 bits per heavy atom. The third-order valence-corrected chi connectivity index (χ3v) is 4.53. The molecule has 0 saturated carbocycles. The van der Waals surface area contributed by atoms with E-state index in [1.165, 1.54) is 31.3 Å². The number of aromatic nitrogens is 3. The van der Waals surface area contributed by atoms with E-state index in [0.717, 1.165) is 25.5 Å². The van der Waals surface area contributed by atoms with Crippen molar-refractivity contribution in [2.75, 3.05) is 18.0 Å². The number of aryl methyl sites for hydroxylation is 1. The summed E-state index contributed by atoms with van der Waals surface area (Å²) < 4.78 is 1.80. The van der Waals surface area contributed by atoms with E-state index in [2.05, 4.69) is 20.3 Å². The standard InChI is InChI=1S/C18H25N5O/c1-3-23-17(19-13-20-23)14(2)21-18(24)15-7-9-16(10-8-15)22-11-5-4-6-12-22/h7-10,13-14H,3-6,11-12H2,1-2H3,(H,21,24)/t14-/m0/s1. The highest BCUT2D eigenvalue weighted by Crippen LogP contribution is 2.20. The summed E-state index contributed by atoms with van der Waals surface area (Å²) in [6.45, 7) is 6.88. The number of carbonyl (C=O) groups is 1. The fraction of sp³-hybridized carbons (Fsp3) is 0.500. The minimum Gasteiger partial charge on any atom is -0.372 e. The van der Waals surface area contributed by atoms with Crippen LogP contribution in [0.3, 0.4) is 0 Å². The number of amides is 1. The van der Waals surface area contributed by atoms with Crippen molar-refractivity contribution in [3.8, 4) is 0 Å². The highest BCUT2D eigenvalue weighted by atomic mass is 16.1. The van der Waals surface area contributed by atoms with Crippen LogP contribution in [-0.2, 0) is 6.54 Å². The van der Waals surface area contributed by atoms with Crippen LogP contribution in [0.4, 0.5) is 5.69 Å². The second-order valence-corrected chi connectivity index (χ2v) is 6.22. The molecule has 2 heterocycles. The van der Waals surface area contributed by atoms with Gasteiger partial charge in [0.2, 0.25) is 0 Å². The van der Waals surface area contributed by atoms with Crippen LogP contribution in [0.2, 0.25) is 0 Å². The summed E-state index contributed by atoms with van der Waals surface area (Å²) >= 11 is 0. The van der Waals surface area contributed by atoms with Gasteiger partial charge in [-0.25, -0.2) is 9.67 Å². The maximum absolute atomic E-state index is 12.5. The van der Waals surface area contributed by atoms with Crippen LogP contribution in [0.1, 0.15) is 55.3 Å². The fourth-order valence-corrected chi connectivity index (χ4v) is 3.17.